The number of nitrogens with zero attached hydrogens (tertiary/aromatic N) is 1. The number of hydrogen-bond donors (Lipinski definition) is 2. The fraction of sp³-hybridized carbons (Fsp3) is 0.148. The van der Waals surface area contributed by atoms with E-state index in [2.05, 4.69) is 146 Å². The van der Waals surface area contributed by atoms with Crippen molar-refractivity contribution in [2.24, 2.45) is 5.73 Å². The van der Waals surface area contributed by atoms with Crippen molar-refractivity contribution in [1.82, 2.24) is 10.3 Å². The van der Waals surface area contributed by atoms with Crippen molar-refractivity contribution in [2.45, 2.75) is 58.4 Å². The van der Waals surface area contributed by atoms with E-state index in [1.54, 1.807) is 26.1 Å². The average Bonchev–Trinajstić information content (AvgIpc) is 3.42. The topological polar surface area (TPSA) is 85.1 Å². The Hall–Kier alpha value is -5.87. The Bertz CT molecular complexity index is 2810. The molecule has 0 aliphatic heterocycles. The first kappa shape index (κ1) is 55.1. The second-order valence-electron chi connectivity index (χ2n) is 16.4. The number of aromatic nitrogens is 1. The van der Waals surface area contributed by atoms with E-state index in [0.717, 1.165) is 40.4 Å². The molecule has 1 aliphatic rings. The van der Waals surface area contributed by atoms with Crippen molar-refractivity contribution in [3.05, 3.63) is 253 Å². The minimum absolute atomic E-state index is 0.0804. The molecular formula is C61H62AuClN3O2P2-. The number of pyridine rings is 1. The number of fused-ring (bicyclic) bond motifs is 3. The van der Waals surface area contributed by atoms with Crippen LogP contribution in [-0.4, -0.2) is 22.8 Å². The van der Waals surface area contributed by atoms with Crippen LogP contribution in [0, 0.1) is 12.5 Å². The molecule has 1 aromatic heterocycles. The summed E-state index contributed by atoms with van der Waals surface area (Å²) in [5, 5.41) is 11.8. The Kier molecular flexibility index (Phi) is 24.7. The van der Waals surface area contributed by atoms with Crippen LogP contribution in [0.2, 0.25) is 0 Å². The van der Waals surface area contributed by atoms with Crippen molar-refractivity contribution in [3.63, 3.8) is 0 Å². The van der Waals surface area contributed by atoms with E-state index >= 15 is 0 Å². The number of hydrogen-bond acceptors (Lipinski definition) is 3. The number of carbonyl (C=O) groups excluding carboxylic acids is 2. The Balaban J connectivity index is 0.000000184. The van der Waals surface area contributed by atoms with Crippen molar-refractivity contribution < 1.29 is 29.6 Å². The zero-order chi connectivity index (χ0) is 49.8. The van der Waals surface area contributed by atoms with Crippen LogP contribution in [-0.2, 0) is 20.0 Å². The molecule has 1 unspecified atom stereocenters. The molecule has 1 atom stereocenters. The molecule has 8 aromatic carbocycles. The largest absolute Gasteiger partial charge is 0.304 e. The van der Waals surface area contributed by atoms with E-state index in [1.807, 2.05) is 122 Å². The molecule has 5 nitrogen and oxygen atoms in total. The van der Waals surface area contributed by atoms with Crippen molar-refractivity contribution in [3.8, 4) is 0 Å². The van der Waals surface area contributed by atoms with Crippen LogP contribution in [0.3, 0.4) is 0 Å². The van der Waals surface area contributed by atoms with E-state index in [9.17, 15) is 9.59 Å². The van der Waals surface area contributed by atoms with E-state index < -0.39 is 13.8 Å². The number of halogens is 1. The first-order chi connectivity index (χ1) is 34.4. The number of primary amides is 1. The van der Waals surface area contributed by atoms with Gasteiger partial charge in [-0.05, 0) is 77.1 Å². The number of benzene rings is 8. The van der Waals surface area contributed by atoms with Gasteiger partial charge in [-0.25, -0.2) is 0 Å². The van der Waals surface area contributed by atoms with Gasteiger partial charge in [0.15, 0.2) is 0 Å². The first-order valence-electron chi connectivity index (χ1n) is 23.6. The molecule has 1 fully saturated rings. The smallest absolute Gasteiger partial charge is 0.0161 e. The molecule has 362 valence electrons. The van der Waals surface area contributed by atoms with E-state index in [-0.39, 0.29) is 5.91 Å². The number of carbonyl (C=O) groups is 2. The standard InChI is InChI=1S/C25H26NOP.C14H12NO.C13H8N.C6H7P.C3H8.Au.ClH/c27-25(26-20-12-4-1-5-13-20)23-18-10-11-19-24(23)28(21-14-6-2-7-15-21)22-16-8-3-9-17-22;15-14(16)13-9-5-4-8-12(13)10-11-6-2-1-3-7-11;1-2-6-12-10(4-1)7-8-11-5-3-9-14-13(11)12;7-6-4-2-1-3-5-6;1-3-2;;/h2-3,6-11,14-20H,1,4-5,12-13H2,(H,26,27);1-10H,(H2,15,16);1-5,7-9H;1-5H,7H2;3H2,1-2H3;;1H/q;2*-1;;;+1;. The van der Waals surface area contributed by atoms with Gasteiger partial charge in [0.05, 0.1) is 13.5 Å². The fourth-order valence-corrected chi connectivity index (χ4v) is 10.8. The van der Waals surface area contributed by atoms with Gasteiger partial charge in [0.25, 0.3) is 5.91 Å². The fourth-order valence-electron chi connectivity index (χ4n) is 7.86. The summed E-state index contributed by atoms with van der Waals surface area (Å²) in [5.41, 5.74) is 9.62. The van der Waals surface area contributed by atoms with E-state index in [1.165, 1.54) is 57.7 Å². The summed E-state index contributed by atoms with van der Waals surface area (Å²) in [7, 11) is 5.96. The van der Waals surface area contributed by atoms with Gasteiger partial charge in [-0.3, -0.25) is 9.59 Å². The molecule has 3 N–H and O–H groups in total. The molecule has 2 amide bonds. The quantitative estimate of drug-likeness (QED) is 0.0688. The zero-order valence-corrected chi connectivity index (χ0v) is 44.9. The SMILES string of the molecule is CCC.NC(=O)c1ccccc1[CH-]c1ccccc1.O=C(NC1CCCCC1)c1ccccc1[PH+](c1ccccc1)c1ccccc1.Pc1ccccc1.[Cl][Au].[c-]1cccc2ccc3cccnc3c12. The molecule has 1 aliphatic carbocycles. The van der Waals surface area contributed by atoms with Gasteiger partial charge >= 0.3 is 29.2 Å². The molecule has 0 spiro atoms. The van der Waals surface area contributed by atoms with Crippen LogP contribution in [0.25, 0.3) is 21.7 Å². The van der Waals surface area contributed by atoms with Gasteiger partial charge < -0.3 is 16.0 Å². The normalized spacial score (nSPS) is 11.5. The Morgan fingerprint density at radius 2 is 1.17 bits per heavy atom. The molecule has 9 heteroatoms. The van der Waals surface area contributed by atoms with Gasteiger partial charge in [0, 0.05) is 12.2 Å². The van der Waals surface area contributed by atoms with Crippen molar-refractivity contribution in [1.29, 1.82) is 0 Å². The van der Waals surface area contributed by atoms with Crippen molar-refractivity contribution >= 4 is 81.1 Å². The summed E-state index contributed by atoms with van der Waals surface area (Å²) in [6.07, 6.45) is 10.9. The number of nitrogens with two attached hydrogens (primary N) is 1. The van der Waals surface area contributed by atoms with E-state index in [0.29, 0.717) is 11.6 Å². The van der Waals surface area contributed by atoms with Crippen LogP contribution in [0.5, 0.6) is 0 Å². The summed E-state index contributed by atoms with van der Waals surface area (Å²) in [4.78, 5) is 28.8. The predicted octanol–water partition coefficient (Wildman–Crippen LogP) is 13.1. The number of nitrogens with one attached hydrogen (secondary N) is 1. The minimum atomic E-state index is -1.25. The summed E-state index contributed by atoms with van der Waals surface area (Å²) >= 11 is 1.75. The third-order valence-corrected chi connectivity index (χ3v) is 14.2. The van der Waals surface area contributed by atoms with Gasteiger partial charge in [-0.2, -0.15) is 0 Å². The molecule has 1 heterocycles. The molecule has 9 aromatic rings. The van der Waals surface area contributed by atoms with E-state index in [4.69, 9.17) is 5.73 Å². The van der Waals surface area contributed by atoms with Crippen LogP contribution in [0.15, 0.2) is 219 Å². The molecule has 1 saturated carbocycles. The molecule has 0 radical (unpaired) electrons. The number of amides is 2. The van der Waals surface area contributed by atoms with Crippen LogP contribution < -0.4 is 32.3 Å². The third-order valence-electron chi connectivity index (χ3n) is 11.1. The second kappa shape index (κ2) is 31.4. The Morgan fingerprint density at radius 1 is 0.657 bits per heavy atom. The van der Waals surface area contributed by atoms with Gasteiger partial charge in [-0.1, -0.05) is 173 Å². The zero-order valence-electron chi connectivity index (χ0n) is 39.8. The van der Waals surface area contributed by atoms with Gasteiger partial charge in [-0.15, -0.1) is 80.0 Å². The minimum Gasteiger partial charge on any atom is -0.304 e. The maximum absolute atomic E-state index is 13.2. The van der Waals surface area contributed by atoms with Crippen molar-refractivity contribution in [2.75, 3.05) is 0 Å². The monoisotopic (exact) mass is 1160 g/mol. The van der Waals surface area contributed by atoms with Gasteiger partial charge in [0.1, 0.15) is 15.9 Å². The summed E-state index contributed by atoms with van der Waals surface area (Å²) in [5.74, 6) is -0.320. The summed E-state index contributed by atoms with van der Waals surface area (Å²) in [6, 6.07) is 74.5. The molecule has 10 rings (SSSR count). The maximum Gasteiger partial charge on any atom is 0.0161 e. The molecule has 0 bridgehead atoms. The average molecular weight is 1160 g/mol. The first-order valence-corrected chi connectivity index (χ1v) is 28.3. The second-order valence-corrected chi connectivity index (χ2v) is 19.5. The predicted molar refractivity (Wildman–Crippen MR) is 300 cm³/mol. The molecule has 0 saturated heterocycles. The summed E-state index contributed by atoms with van der Waals surface area (Å²) < 4.78 is 0. The molecular weight excluding hydrogens is 1100 g/mol. The van der Waals surface area contributed by atoms with Gasteiger partial charge in [0.2, 0.25) is 5.91 Å². The Labute approximate surface area is 435 Å². The summed E-state index contributed by atoms with van der Waals surface area (Å²) in [6.45, 7) is 4.25. The van der Waals surface area contributed by atoms with Crippen LogP contribution in [0.4, 0.5) is 0 Å². The Morgan fingerprint density at radius 3 is 1.76 bits per heavy atom. The third kappa shape index (κ3) is 17.5. The number of rotatable bonds is 8. The maximum atomic E-state index is 13.2. The molecule has 70 heavy (non-hydrogen) atoms. The van der Waals surface area contributed by atoms with Crippen LogP contribution >= 0.6 is 26.4 Å². The van der Waals surface area contributed by atoms with Crippen LogP contribution in [0.1, 0.15) is 84.2 Å².